The summed E-state index contributed by atoms with van der Waals surface area (Å²) in [5.41, 5.74) is 2.24. The van der Waals surface area contributed by atoms with E-state index in [4.69, 9.17) is 10.1 Å². The molecule has 4 nitrogen and oxygen atoms in total. The first-order valence-corrected chi connectivity index (χ1v) is 4.73. The van der Waals surface area contributed by atoms with Crippen molar-refractivity contribution < 1.29 is 5.34 Å². The Hall–Kier alpha value is -2.36. The molecule has 2 aromatic carbocycles. The van der Waals surface area contributed by atoms with Gasteiger partial charge in [0.1, 0.15) is 0 Å². The quantitative estimate of drug-likeness (QED) is 0.593. The second kappa shape index (κ2) is 7.00. The van der Waals surface area contributed by atoms with E-state index in [0.717, 1.165) is 11.4 Å². The Morgan fingerprint density at radius 1 is 0.812 bits per heavy atom. The van der Waals surface area contributed by atoms with Crippen LogP contribution in [0.3, 0.4) is 0 Å². The van der Waals surface area contributed by atoms with E-state index >= 15 is 0 Å². The van der Waals surface area contributed by atoms with E-state index in [9.17, 15) is 0 Å². The molecule has 0 aliphatic carbocycles. The molecule has 0 fully saturated rings. The highest BCUT2D eigenvalue weighted by Gasteiger charge is 1.89. The van der Waals surface area contributed by atoms with E-state index in [2.05, 4.69) is 5.32 Å². The summed E-state index contributed by atoms with van der Waals surface area (Å²) in [6, 6.07) is 20.3. The van der Waals surface area contributed by atoms with Gasteiger partial charge in [-0.25, -0.2) is 0 Å². The fourth-order valence-corrected chi connectivity index (χ4v) is 1.21. The lowest BCUT2D eigenvalue weighted by molar-refractivity contribution is -0.398. The zero-order chi connectivity index (χ0) is 11.6. The third-order valence-corrected chi connectivity index (χ3v) is 1.84. The molecule has 0 radical (unpaired) electrons. The molecule has 0 saturated heterocycles. The Morgan fingerprint density at radius 3 is 1.44 bits per heavy atom. The van der Waals surface area contributed by atoms with Crippen LogP contribution in [0.5, 0.6) is 0 Å². The van der Waals surface area contributed by atoms with E-state index in [0.29, 0.717) is 0 Å². The fraction of sp³-hybridized carbons (Fsp3) is 0. The number of benzene rings is 2. The highest BCUT2D eigenvalue weighted by molar-refractivity contribution is 5.58. The first-order valence-electron chi connectivity index (χ1n) is 4.73. The number of para-hydroxylation sites is 2. The average molecular weight is 216 g/mol. The molecule has 2 rings (SSSR count). The summed E-state index contributed by atoms with van der Waals surface area (Å²) in [5, 5.41) is 11.7. The number of hydrogen-bond donors (Lipinski definition) is 2. The molecule has 2 N–H and O–H groups in total. The molecular formula is C12H12N2O2. The standard InChI is InChI=1S/C12H11N.HNO2/c1-3-7-11(8-4-1)13-12-9-5-2-6-10-12;2-1-3/h1-10,13H;1H. The van der Waals surface area contributed by atoms with Gasteiger partial charge in [-0.2, -0.15) is 0 Å². The molecule has 2 aromatic rings. The van der Waals surface area contributed by atoms with Crippen molar-refractivity contribution in [2.45, 2.75) is 0 Å². The minimum Gasteiger partial charge on any atom is -0.356 e. The van der Waals surface area contributed by atoms with Crippen molar-refractivity contribution in [2.24, 2.45) is 0 Å². The maximum absolute atomic E-state index is 8.12. The van der Waals surface area contributed by atoms with Crippen molar-refractivity contribution in [1.29, 1.82) is 0 Å². The SMILES string of the molecule is O=[NH+][O-].c1ccc(Nc2ccccc2)cc1. The number of hydrogen-bond acceptors (Lipinski definition) is 3. The summed E-state index contributed by atoms with van der Waals surface area (Å²) in [6.45, 7) is 0. The highest BCUT2D eigenvalue weighted by Crippen LogP contribution is 2.14. The minimum absolute atomic E-state index is 0.250. The van der Waals surface area contributed by atoms with E-state index in [1.807, 2.05) is 60.7 Å². The smallest absolute Gasteiger partial charge is 0.0384 e. The predicted octanol–water partition coefficient (Wildman–Crippen LogP) is 1.76. The fourth-order valence-electron chi connectivity index (χ4n) is 1.21. The summed E-state index contributed by atoms with van der Waals surface area (Å²) in [5.74, 6) is 0. The number of rotatable bonds is 2. The van der Waals surface area contributed by atoms with Crippen LogP contribution in [0.4, 0.5) is 11.4 Å². The van der Waals surface area contributed by atoms with Crippen molar-refractivity contribution in [2.75, 3.05) is 5.32 Å². The maximum atomic E-state index is 8.12. The minimum atomic E-state index is 0.250. The van der Waals surface area contributed by atoms with Crippen molar-refractivity contribution >= 4 is 11.4 Å². The van der Waals surface area contributed by atoms with Gasteiger partial charge in [0.15, 0.2) is 0 Å². The van der Waals surface area contributed by atoms with E-state index in [-0.39, 0.29) is 5.34 Å². The molecule has 0 bridgehead atoms. The van der Waals surface area contributed by atoms with Crippen LogP contribution in [0.1, 0.15) is 0 Å². The molecule has 0 heterocycles. The first kappa shape index (κ1) is 11.7. The molecule has 82 valence electrons. The van der Waals surface area contributed by atoms with Gasteiger partial charge in [0.25, 0.3) is 0 Å². The molecule has 4 heteroatoms. The molecule has 0 spiro atoms. The topological polar surface area (TPSA) is 66.1 Å². The van der Waals surface area contributed by atoms with Gasteiger partial charge in [0.05, 0.1) is 0 Å². The molecule has 16 heavy (non-hydrogen) atoms. The first-order chi connectivity index (χ1) is 7.86. The second-order valence-corrected chi connectivity index (χ2v) is 2.94. The molecule has 0 atom stereocenters. The number of anilines is 2. The van der Waals surface area contributed by atoms with Gasteiger partial charge in [0, 0.05) is 16.7 Å². The average Bonchev–Trinajstić information content (AvgIpc) is 2.33. The van der Waals surface area contributed by atoms with E-state index < -0.39 is 0 Å². The largest absolute Gasteiger partial charge is 0.356 e. The van der Waals surface area contributed by atoms with Crippen LogP contribution in [0.15, 0.2) is 60.7 Å². The third kappa shape index (κ3) is 4.23. The van der Waals surface area contributed by atoms with Crippen LogP contribution in [0, 0.1) is 10.1 Å². The van der Waals surface area contributed by atoms with Crippen LogP contribution in [0.25, 0.3) is 0 Å². The molecule has 0 amide bonds. The molecule has 0 unspecified atom stereocenters. The van der Waals surface area contributed by atoms with Gasteiger partial charge >= 0.3 is 0 Å². The molecule has 0 aromatic heterocycles. The van der Waals surface area contributed by atoms with Gasteiger partial charge in [-0.1, -0.05) is 36.4 Å². The van der Waals surface area contributed by atoms with Gasteiger partial charge < -0.3 is 5.32 Å². The summed E-state index contributed by atoms with van der Waals surface area (Å²) in [7, 11) is 0. The van der Waals surface area contributed by atoms with Crippen LogP contribution < -0.4 is 10.7 Å². The zero-order valence-electron chi connectivity index (χ0n) is 8.59. The van der Waals surface area contributed by atoms with Crippen molar-refractivity contribution in [3.8, 4) is 0 Å². The Morgan fingerprint density at radius 2 is 1.12 bits per heavy atom. The maximum Gasteiger partial charge on any atom is 0.0384 e. The summed E-state index contributed by atoms with van der Waals surface area (Å²) in [4.78, 5) is 8.12. The van der Waals surface area contributed by atoms with E-state index in [1.165, 1.54) is 0 Å². The Labute approximate surface area is 93.5 Å². The molecule has 0 aliphatic heterocycles. The Bertz CT molecular complexity index is 366. The van der Waals surface area contributed by atoms with Gasteiger partial charge in [-0.05, 0) is 24.3 Å². The van der Waals surface area contributed by atoms with Crippen LogP contribution in [0.2, 0.25) is 0 Å². The van der Waals surface area contributed by atoms with Gasteiger partial charge in [-0.15, -0.1) is 0 Å². The second-order valence-electron chi connectivity index (χ2n) is 2.94. The van der Waals surface area contributed by atoms with Crippen LogP contribution >= 0.6 is 0 Å². The number of nitrogens with one attached hydrogen (secondary N) is 2. The van der Waals surface area contributed by atoms with Gasteiger partial charge in [-0.3, -0.25) is 10.1 Å². The van der Waals surface area contributed by atoms with Crippen molar-refractivity contribution in [3.05, 3.63) is 70.8 Å². The molecule has 0 aliphatic rings. The highest BCUT2D eigenvalue weighted by atomic mass is 16.6. The normalized spacial score (nSPS) is 8.50. The third-order valence-electron chi connectivity index (χ3n) is 1.84. The molecular weight excluding hydrogens is 204 g/mol. The monoisotopic (exact) mass is 216 g/mol. The van der Waals surface area contributed by atoms with Crippen molar-refractivity contribution in [3.63, 3.8) is 0 Å². The van der Waals surface area contributed by atoms with E-state index in [1.54, 1.807) is 0 Å². The lowest BCUT2D eigenvalue weighted by Gasteiger charge is -2.04. The lowest BCUT2D eigenvalue weighted by atomic mass is 10.3. The predicted molar refractivity (Wildman–Crippen MR) is 63.9 cm³/mol. The zero-order valence-corrected chi connectivity index (χ0v) is 8.59. The Balaban J connectivity index is 0.000000386. The van der Waals surface area contributed by atoms with Crippen LogP contribution in [-0.4, -0.2) is 0 Å². The summed E-state index contributed by atoms with van der Waals surface area (Å²) < 4.78 is 0. The summed E-state index contributed by atoms with van der Waals surface area (Å²) in [6.07, 6.45) is 0. The van der Waals surface area contributed by atoms with Crippen LogP contribution in [-0.2, 0) is 0 Å². The van der Waals surface area contributed by atoms with Crippen molar-refractivity contribution in [1.82, 2.24) is 0 Å². The van der Waals surface area contributed by atoms with Gasteiger partial charge in [0.2, 0.25) is 0 Å². The Kier molecular flexibility index (Phi) is 5.13. The molecule has 0 saturated carbocycles. The summed E-state index contributed by atoms with van der Waals surface area (Å²) >= 11 is 0. The lowest BCUT2D eigenvalue weighted by Crippen LogP contribution is -2.53.